The van der Waals surface area contributed by atoms with E-state index in [0.29, 0.717) is 24.4 Å². The number of piperazine rings is 1. The summed E-state index contributed by atoms with van der Waals surface area (Å²) in [5.41, 5.74) is 0.971. The van der Waals surface area contributed by atoms with Crippen molar-refractivity contribution in [3.8, 4) is 0 Å². The highest BCUT2D eigenvalue weighted by Gasteiger charge is 2.46. The van der Waals surface area contributed by atoms with Crippen LogP contribution in [0.1, 0.15) is 12.0 Å². The van der Waals surface area contributed by atoms with Crippen molar-refractivity contribution in [2.45, 2.75) is 31.0 Å². The quantitative estimate of drug-likeness (QED) is 0.906. The third-order valence-electron chi connectivity index (χ3n) is 4.15. The minimum Gasteiger partial charge on any atom is -0.380 e. The highest BCUT2D eigenvalue weighted by Crippen LogP contribution is 2.25. The molecule has 1 N–H and O–H groups in total. The number of benzene rings is 1. The van der Waals surface area contributed by atoms with Gasteiger partial charge in [-0.1, -0.05) is 23.7 Å². The van der Waals surface area contributed by atoms with E-state index in [0.717, 1.165) is 5.56 Å². The van der Waals surface area contributed by atoms with Crippen LogP contribution in [0.15, 0.2) is 24.3 Å². The first-order valence-electron chi connectivity index (χ1n) is 6.96. The molecule has 0 radical (unpaired) electrons. The van der Waals surface area contributed by atoms with Crippen LogP contribution in [0.2, 0.25) is 5.02 Å². The number of fused-ring (bicyclic) bond motifs is 1. The fourth-order valence-electron chi connectivity index (χ4n) is 2.98. The molecule has 2 aliphatic heterocycles. The SMILES string of the molecule is CO[C@@H]1C[C@H]2C(=O)N[C@@H](Cc3ccc(Cl)cc3)C(=O)N2C1. The molecule has 2 amide bonds. The molecule has 0 aliphatic carbocycles. The summed E-state index contributed by atoms with van der Waals surface area (Å²) in [5.74, 6) is -0.123. The molecule has 0 bridgehead atoms. The molecule has 1 aromatic carbocycles. The van der Waals surface area contributed by atoms with Crippen LogP contribution in [0.4, 0.5) is 0 Å². The number of nitrogens with one attached hydrogen (secondary N) is 1. The van der Waals surface area contributed by atoms with Crippen LogP contribution < -0.4 is 5.32 Å². The summed E-state index contributed by atoms with van der Waals surface area (Å²) >= 11 is 5.85. The first-order chi connectivity index (χ1) is 10.1. The summed E-state index contributed by atoms with van der Waals surface area (Å²) in [5, 5.41) is 3.48. The van der Waals surface area contributed by atoms with E-state index in [1.807, 2.05) is 12.1 Å². The highest BCUT2D eigenvalue weighted by molar-refractivity contribution is 6.30. The molecule has 3 rings (SSSR count). The number of carbonyl (C=O) groups excluding carboxylic acids is 2. The summed E-state index contributed by atoms with van der Waals surface area (Å²) in [6.07, 6.45) is 0.989. The van der Waals surface area contributed by atoms with Crippen LogP contribution in [0.5, 0.6) is 0 Å². The lowest BCUT2D eigenvalue weighted by Gasteiger charge is -2.34. The maximum Gasteiger partial charge on any atom is 0.246 e. The lowest BCUT2D eigenvalue weighted by molar-refractivity contribution is -0.147. The summed E-state index contributed by atoms with van der Waals surface area (Å²) in [6.45, 7) is 0.491. The van der Waals surface area contributed by atoms with Gasteiger partial charge in [-0.25, -0.2) is 0 Å². The van der Waals surface area contributed by atoms with Crippen LogP contribution in [-0.4, -0.2) is 48.6 Å². The van der Waals surface area contributed by atoms with Gasteiger partial charge in [0.2, 0.25) is 11.8 Å². The standard InChI is InChI=1S/C15H17ClN2O3/c1-21-11-7-13-14(19)17-12(15(20)18(13)8-11)6-9-2-4-10(16)5-3-9/h2-5,11-13H,6-8H2,1H3,(H,17,19)/t11-,12+,13+/m1/s1. The van der Waals surface area contributed by atoms with Crippen LogP contribution in [0.3, 0.4) is 0 Å². The summed E-state index contributed by atoms with van der Waals surface area (Å²) < 4.78 is 5.28. The minimum absolute atomic E-state index is 0.0332. The zero-order valence-corrected chi connectivity index (χ0v) is 12.5. The summed E-state index contributed by atoms with van der Waals surface area (Å²) in [6, 6.07) is 6.41. The fraction of sp³-hybridized carbons (Fsp3) is 0.467. The van der Waals surface area contributed by atoms with Gasteiger partial charge in [0, 0.05) is 31.5 Å². The Hall–Kier alpha value is -1.59. The van der Waals surface area contributed by atoms with Gasteiger partial charge in [0.15, 0.2) is 0 Å². The Morgan fingerprint density at radius 2 is 2.05 bits per heavy atom. The second kappa shape index (κ2) is 5.66. The number of ether oxygens (including phenoxy) is 1. The molecule has 6 heteroatoms. The second-order valence-corrected chi connectivity index (χ2v) is 5.93. The molecule has 5 nitrogen and oxygen atoms in total. The molecule has 3 atom stereocenters. The topological polar surface area (TPSA) is 58.6 Å². The van der Waals surface area contributed by atoms with Gasteiger partial charge in [-0.15, -0.1) is 0 Å². The number of rotatable bonds is 3. The number of carbonyl (C=O) groups is 2. The van der Waals surface area contributed by atoms with Gasteiger partial charge in [0.1, 0.15) is 12.1 Å². The number of hydrogen-bond donors (Lipinski definition) is 1. The zero-order valence-electron chi connectivity index (χ0n) is 11.7. The molecule has 2 saturated heterocycles. The number of nitrogens with zero attached hydrogens (tertiary/aromatic N) is 1. The molecule has 0 aromatic heterocycles. The van der Waals surface area contributed by atoms with Crippen molar-refractivity contribution < 1.29 is 14.3 Å². The smallest absolute Gasteiger partial charge is 0.246 e. The minimum atomic E-state index is -0.509. The van der Waals surface area contributed by atoms with Crippen molar-refractivity contribution in [2.24, 2.45) is 0 Å². The zero-order chi connectivity index (χ0) is 15.0. The Morgan fingerprint density at radius 1 is 1.33 bits per heavy atom. The first kappa shape index (κ1) is 14.4. The molecule has 2 fully saturated rings. The van der Waals surface area contributed by atoms with Crippen molar-refractivity contribution in [3.63, 3.8) is 0 Å². The van der Waals surface area contributed by atoms with Gasteiger partial charge < -0.3 is 15.0 Å². The molecule has 2 heterocycles. The average molecular weight is 309 g/mol. The van der Waals surface area contributed by atoms with Crippen LogP contribution in [0, 0.1) is 0 Å². The number of halogens is 1. The normalized spacial score (nSPS) is 28.5. The number of amides is 2. The first-order valence-corrected chi connectivity index (χ1v) is 7.34. The van der Waals surface area contributed by atoms with Gasteiger partial charge in [-0.3, -0.25) is 9.59 Å². The van der Waals surface area contributed by atoms with E-state index in [1.165, 1.54) is 0 Å². The predicted molar refractivity (Wildman–Crippen MR) is 78.0 cm³/mol. The van der Waals surface area contributed by atoms with Gasteiger partial charge in [-0.05, 0) is 17.7 Å². The summed E-state index contributed by atoms with van der Waals surface area (Å²) in [4.78, 5) is 26.3. The van der Waals surface area contributed by atoms with E-state index in [4.69, 9.17) is 16.3 Å². The third kappa shape index (κ3) is 2.76. The largest absolute Gasteiger partial charge is 0.380 e. The van der Waals surface area contributed by atoms with E-state index >= 15 is 0 Å². The Labute approximate surface area is 128 Å². The van der Waals surface area contributed by atoms with Crippen LogP contribution >= 0.6 is 11.6 Å². The monoisotopic (exact) mass is 308 g/mol. The Balaban J connectivity index is 1.74. The molecular formula is C15H17ClN2O3. The van der Waals surface area contributed by atoms with Crippen molar-refractivity contribution >= 4 is 23.4 Å². The molecule has 0 spiro atoms. The number of methoxy groups -OCH3 is 1. The van der Waals surface area contributed by atoms with E-state index in [1.54, 1.807) is 24.1 Å². The Kier molecular flexibility index (Phi) is 3.87. The van der Waals surface area contributed by atoms with Gasteiger partial charge in [-0.2, -0.15) is 0 Å². The maximum atomic E-state index is 12.5. The summed E-state index contributed by atoms with van der Waals surface area (Å²) in [7, 11) is 1.61. The van der Waals surface area contributed by atoms with Gasteiger partial charge in [0.25, 0.3) is 0 Å². The Morgan fingerprint density at radius 3 is 2.71 bits per heavy atom. The molecule has 112 valence electrons. The van der Waals surface area contributed by atoms with Crippen molar-refractivity contribution in [1.82, 2.24) is 10.2 Å². The van der Waals surface area contributed by atoms with Crippen molar-refractivity contribution in [1.29, 1.82) is 0 Å². The Bertz CT molecular complexity index is 561. The maximum absolute atomic E-state index is 12.5. The van der Waals surface area contributed by atoms with Gasteiger partial charge in [0.05, 0.1) is 6.10 Å². The van der Waals surface area contributed by atoms with E-state index < -0.39 is 6.04 Å². The highest BCUT2D eigenvalue weighted by atomic mass is 35.5. The van der Waals surface area contributed by atoms with Crippen molar-refractivity contribution in [3.05, 3.63) is 34.9 Å². The van der Waals surface area contributed by atoms with Crippen molar-refractivity contribution in [2.75, 3.05) is 13.7 Å². The fourth-order valence-corrected chi connectivity index (χ4v) is 3.11. The second-order valence-electron chi connectivity index (χ2n) is 5.49. The van der Waals surface area contributed by atoms with Gasteiger partial charge >= 0.3 is 0 Å². The lowest BCUT2D eigenvalue weighted by Crippen LogP contribution is -2.61. The molecule has 21 heavy (non-hydrogen) atoms. The lowest BCUT2D eigenvalue weighted by atomic mass is 10.0. The third-order valence-corrected chi connectivity index (χ3v) is 4.40. The predicted octanol–water partition coefficient (Wildman–Crippen LogP) is 0.997. The molecular weight excluding hydrogens is 292 g/mol. The van der Waals surface area contributed by atoms with E-state index in [2.05, 4.69) is 5.32 Å². The molecule has 0 saturated carbocycles. The molecule has 1 aromatic rings. The van der Waals surface area contributed by atoms with Crippen LogP contribution in [-0.2, 0) is 20.7 Å². The van der Waals surface area contributed by atoms with Crippen LogP contribution in [0.25, 0.3) is 0 Å². The number of hydrogen-bond acceptors (Lipinski definition) is 3. The molecule has 2 aliphatic rings. The van der Waals surface area contributed by atoms with E-state index in [-0.39, 0.29) is 24.0 Å². The average Bonchev–Trinajstić information content (AvgIpc) is 2.92. The van der Waals surface area contributed by atoms with E-state index in [9.17, 15) is 9.59 Å². The molecule has 0 unspecified atom stereocenters.